The fraction of sp³-hybridized carbons (Fsp3) is 0.310. The monoisotopic (exact) mass is 616 g/mol. The molecule has 0 aliphatic carbocycles. The van der Waals surface area contributed by atoms with Crippen molar-refractivity contribution in [2.24, 2.45) is 0 Å². The highest BCUT2D eigenvalue weighted by molar-refractivity contribution is 7.92. The summed E-state index contributed by atoms with van der Waals surface area (Å²) in [5.74, 6) is -0.647. The van der Waals surface area contributed by atoms with E-state index in [1.165, 1.54) is 55.3 Å². The van der Waals surface area contributed by atoms with Gasteiger partial charge in [0.2, 0.25) is 11.8 Å². The van der Waals surface area contributed by atoms with Crippen molar-refractivity contribution >= 4 is 44.8 Å². The maximum absolute atomic E-state index is 14.0. The van der Waals surface area contributed by atoms with E-state index < -0.39 is 39.3 Å². The largest absolute Gasteiger partial charge is 0.497 e. The van der Waals surface area contributed by atoms with Crippen molar-refractivity contribution < 1.29 is 27.7 Å². The lowest BCUT2D eigenvalue weighted by molar-refractivity contribution is -0.385. The van der Waals surface area contributed by atoms with Crippen molar-refractivity contribution in [3.8, 4) is 5.75 Å². The van der Waals surface area contributed by atoms with Gasteiger partial charge < -0.3 is 15.0 Å². The van der Waals surface area contributed by atoms with Crippen LogP contribution in [0.25, 0.3) is 0 Å². The van der Waals surface area contributed by atoms with E-state index in [9.17, 15) is 28.1 Å². The summed E-state index contributed by atoms with van der Waals surface area (Å²) in [6.07, 6.45) is 0. The lowest BCUT2D eigenvalue weighted by Gasteiger charge is -2.32. The molecule has 1 unspecified atom stereocenters. The molecule has 0 fully saturated rings. The normalized spacial score (nSPS) is 12.0. The first kappa shape index (κ1) is 32.4. The van der Waals surface area contributed by atoms with Crippen LogP contribution in [0.5, 0.6) is 5.75 Å². The van der Waals surface area contributed by atoms with Gasteiger partial charge in [-0.05, 0) is 75.7 Å². The van der Waals surface area contributed by atoms with Crippen molar-refractivity contribution in [1.29, 1.82) is 0 Å². The summed E-state index contributed by atoms with van der Waals surface area (Å²) in [7, 11) is -3.05. The minimum Gasteiger partial charge on any atom is -0.497 e. The standard InChI is InChI=1S/C29H33ClN4O7S/c1-19(2)31-29(36)21(4)32(17-22-7-6-8-23(30)15-22)28(35)18-33(24-10-12-25(41-5)13-11-24)42(39,40)26-14-9-20(3)27(16-26)34(37)38/h6-16,19,21H,17-18H2,1-5H3,(H,31,36). The molecule has 0 heterocycles. The Morgan fingerprint density at radius 1 is 1.05 bits per heavy atom. The number of aryl methyl sites for hydroxylation is 1. The van der Waals surface area contributed by atoms with Gasteiger partial charge in [0.15, 0.2) is 0 Å². The Labute approximate surface area is 250 Å². The topological polar surface area (TPSA) is 139 Å². The smallest absolute Gasteiger partial charge is 0.273 e. The first-order chi connectivity index (χ1) is 19.7. The van der Waals surface area contributed by atoms with E-state index >= 15 is 0 Å². The number of nitro groups is 1. The third kappa shape index (κ3) is 7.77. The molecule has 11 nitrogen and oxygen atoms in total. The molecule has 2 amide bonds. The lowest BCUT2D eigenvalue weighted by Crippen LogP contribution is -2.52. The number of nitro benzene ring substituents is 1. The number of anilines is 1. The van der Waals surface area contributed by atoms with Crippen LogP contribution in [0.15, 0.2) is 71.6 Å². The summed E-state index contributed by atoms with van der Waals surface area (Å²) in [5, 5.41) is 14.8. The molecule has 0 aromatic heterocycles. The third-order valence-corrected chi connectivity index (χ3v) is 8.45. The predicted molar refractivity (Wildman–Crippen MR) is 160 cm³/mol. The van der Waals surface area contributed by atoms with E-state index in [-0.39, 0.29) is 34.4 Å². The van der Waals surface area contributed by atoms with Gasteiger partial charge in [-0.3, -0.25) is 24.0 Å². The fourth-order valence-corrected chi connectivity index (χ4v) is 5.82. The number of benzene rings is 3. The Balaban J connectivity index is 2.10. The zero-order valence-corrected chi connectivity index (χ0v) is 25.5. The van der Waals surface area contributed by atoms with Gasteiger partial charge in [0.25, 0.3) is 15.7 Å². The molecule has 1 N–H and O–H groups in total. The molecule has 224 valence electrons. The first-order valence-electron chi connectivity index (χ1n) is 13.0. The van der Waals surface area contributed by atoms with E-state index in [1.807, 2.05) is 0 Å². The number of carbonyl (C=O) groups excluding carboxylic acids is 2. The van der Waals surface area contributed by atoms with Crippen molar-refractivity contribution in [3.63, 3.8) is 0 Å². The zero-order valence-electron chi connectivity index (χ0n) is 23.9. The highest BCUT2D eigenvalue weighted by Gasteiger charge is 2.33. The Morgan fingerprint density at radius 3 is 2.29 bits per heavy atom. The van der Waals surface area contributed by atoms with Crippen LogP contribution in [-0.4, -0.2) is 55.8 Å². The molecule has 0 bridgehead atoms. The number of nitrogens with one attached hydrogen (secondary N) is 1. The minimum absolute atomic E-state index is 0.0292. The number of carbonyl (C=O) groups is 2. The predicted octanol–water partition coefficient (Wildman–Crippen LogP) is 4.70. The zero-order chi connectivity index (χ0) is 31.2. The average Bonchev–Trinajstić information content (AvgIpc) is 2.93. The molecule has 3 aromatic carbocycles. The molecule has 42 heavy (non-hydrogen) atoms. The van der Waals surface area contributed by atoms with Crippen molar-refractivity contribution in [3.05, 3.63) is 93.0 Å². The fourth-order valence-electron chi connectivity index (χ4n) is 4.17. The molecule has 0 saturated heterocycles. The van der Waals surface area contributed by atoms with Crippen LogP contribution in [0.1, 0.15) is 31.9 Å². The van der Waals surface area contributed by atoms with Gasteiger partial charge >= 0.3 is 0 Å². The summed E-state index contributed by atoms with van der Waals surface area (Å²) in [4.78, 5) is 38.8. The Bertz CT molecular complexity index is 1560. The Morgan fingerprint density at radius 2 is 1.71 bits per heavy atom. The number of nitrogens with zero attached hydrogens (tertiary/aromatic N) is 3. The van der Waals surface area contributed by atoms with E-state index in [2.05, 4.69) is 5.32 Å². The quantitative estimate of drug-likeness (QED) is 0.230. The van der Waals surface area contributed by atoms with Gasteiger partial charge in [-0.25, -0.2) is 8.42 Å². The number of hydrogen-bond donors (Lipinski definition) is 1. The van der Waals surface area contributed by atoms with Crippen molar-refractivity contribution in [1.82, 2.24) is 10.2 Å². The highest BCUT2D eigenvalue weighted by atomic mass is 35.5. The molecule has 1 atom stereocenters. The summed E-state index contributed by atoms with van der Waals surface area (Å²) < 4.78 is 34.0. The molecule has 0 spiro atoms. The van der Waals surface area contributed by atoms with E-state index in [0.717, 1.165) is 10.4 Å². The number of halogens is 1. The van der Waals surface area contributed by atoms with E-state index in [1.54, 1.807) is 45.0 Å². The molecular weight excluding hydrogens is 584 g/mol. The van der Waals surface area contributed by atoms with Crippen LogP contribution >= 0.6 is 11.6 Å². The SMILES string of the molecule is COc1ccc(N(CC(=O)N(Cc2cccc(Cl)c2)C(C)C(=O)NC(C)C)S(=O)(=O)c2ccc(C)c([N+](=O)[O-])c2)cc1. The van der Waals surface area contributed by atoms with Gasteiger partial charge in [0, 0.05) is 29.2 Å². The number of hydrogen-bond acceptors (Lipinski definition) is 7. The summed E-state index contributed by atoms with van der Waals surface area (Å²) in [6, 6.07) is 15.1. The number of ether oxygens (including phenoxy) is 1. The number of amides is 2. The van der Waals surface area contributed by atoms with Crippen molar-refractivity contribution in [2.75, 3.05) is 18.0 Å². The average molecular weight is 617 g/mol. The van der Waals surface area contributed by atoms with E-state index in [4.69, 9.17) is 16.3 Å². The van der Waals surface area contributed by atoms with Gasteiger partial charge in [0.05, 0.1) is 22.6 Å². The molecule has 0 radical (unpaired) electrons. The van der Waals surface area contributed by atoms with Crippen LogP contribution in [0, 0.1) is 17.0 Å². The Kier molecular flexibility index (Phi) is 10.5. The van der Waals surface area contributed by atoms with Gasteiger partial charge in [0.1, 0.15) is 18.3 Å². The lowest BCUT2D eigenvalue weighted by atomic mass is 10.1. The Hall–Kier alpha value is -4.16. The number of rotatable bonds is 12. The number of methoxy groups -OCH3 is 1. The molecule has 0 saturated carbocycles. The second-order valence-corrected chi connectivity index (χ2v) is 12.2. The van der Waals surface area contributed by atoms with Crippen LogP contribution in [-0.2, 0) is 26.2 Å². The molecule has 0 aliphatic heterocycles. The maximum atomic E-state index is 14.0. The minimum atomic E-state index is -4.50. The second kappa shape index (κ2) is 13.7. The molecule has 3 rings (SSSR count). The second-order valence-electron chi connectivity index (χ2n) is 9.91. The third-order valence-electron chi connectivity index (χ3n) is 6.44. The van der Waals surface area contributed by atoms with Crippen LogP contribution < -0.4 is 14.4 Å². The summed E-state index contributed by atoms with van der Waals surface area (Å²) >= 11 is 6.15. The molecule has 0 aliphatic rings. The summed E-state index contributed by atoms with van der Waals surface area (Å²) in [5.41, 5.74) is 0.657. The van der Waals surface area contributed by atoms with Gasteiger partial charge in [-0.15, -0.1) is 0 Å². The van der Waals surface area contributed by atoms with E-state index in [0.29, 0.717) is 16.3 Å². The van der Waals surface area contributed by atoms with Gasteiger partial charge in [-0.2, -0.15) is 0 Å². The van der Waals surface area contributed by atoms with Crippen LogP contribution in [0.2, 0.25) is 5.02 Å². The molecular formula is C29H33ClN4O7S. The summed E-state index contributed by atoms with van der Waals surface area (Å²) in [6.45, 7) is 5.89. The first-order valence-corrected chi connectivity index (χ1v) is 14.8. The van der Waals surface area contributed by atoms with Crippen molar-refractivity contribution in [2.45, 2.75) is 51.2 Å². The van der Waals surface area contributed by atoms with Crippen LogP contribution in [0.4, 0.5) is 11.4 Å². The number of sulfonamides is 1. The van der Waals surface area contributed by atoms with Crippen LogP contribution in [0.3, 0.4) is 0 Å². The molecule has 3 aromatic rings. The molecule has 13 heteroatoms. The highest BCUT2D eigenvalue weighted by Crippen LogP contribution is 2.29. The maximum Gasteiger partial charge on any atom is 0.273 e. The van der Waals surface area contributed by atoms with Gasteiger partial charge in [-0.1, -0.05) is 29.8 Å².